The Morgan fingerprint density at radius 2 is 2.20 bits per heavy atom. The molecule has 0 bridgehead atoms. The van der Waals surface area contributed by atoms with Gasteiger partial charge in [0.25, 0.3) is 0 Å². The minimum atomic E-state index is -0.525. The topological polar surface area (TPSA) is 26.3 Å². The fourth-order valence-corrected chi connectivity index (χ4v) is 1.24. The molecule has 82 valence electrons. The molecule has 1 rings (SSSR count). The van der Waals surface area contributed by atoms with Crippen molar-refractivity contribution in [3.05, 3.63) is 29.6 Å². The summed E-state index contributed by atoms with van der Waals surface area (Å²) in [5.74, 6) is -0.508. The molecule has 15 heavy (non-hydrogen) atoms. The Labute approximate surface area is 89.1 Å². The van der Waals surface area contributed by atoms with Crippen molar-refractivity contribution in [2.45, 2.75) is 33.3 Å². The van der Waals surface area contributed by atoms with E-state index in [0.717, 1.165) is 6.42 Å². The van der Waals surface area contributed by atoms with E-state index < -0.39 is 5.82 Å². The lowest BCUT2D eigenvalue weighted by Crippen LogP contribution is -2.13. The van der Waals surface area contributed by atoms with E-state index >= 15 is 0 Å². The second-order valence-corrected chi connectivity index (χ2v) is 3.51. The molecule has 1 aromatic rings. The van der Waals surface area contributed by atoms with Crippen LogP contribution in [0.5, 0.6) is 5.75 Å². The summed E-state index contributed by atoms with van der Waals surface area (Å²) in [6.07, 6.45) is 0.790. The maximum absolute atomic E-state index is 13.4. The second kappa shape index (κ2) is 4.91. The van der Waals surface area contributed by atoms with Gasteiger partial charge in [-0.1, -0.05) is 13.0 Å². The van der Waals surface area contributed by atoms with Gasteiger partial charge in [-0.2, -0.15) is 0 Å². The minimum Gasteiger partial charge on any atom is -0.490 e. The van der Waals surface area contributed by atoms with Gasteiger partial charge in [-0.15, -0.1) is 0 Å². The molecule has 0 aliphatic heterocycles. The predicted molar refractivity (Wildman–Crippen MR) is 56.8 cm³/mol. The number of ether oxygens (including phenoxy) is 1. The number of benzene rings is 1. The van der Waals surface area contributed by atoms with Crippen molar-refractivity contribution in [3.63, 3.8) is 0 Å². The van der Waals surface area contributed by atoms with Gasteiger partial charge >= 0.3 is 0 Å². The molecule has 0 spiro atoms. The number of halogens is 1. The molecule has 0 fully saturated rings. The van der Waals surface area contributed by atoms with Crippen LogP contribution in [0.15, 0.2) is 18.2 Å². The molecule has 0 saturated carbocycles. The predicted octanol–water partition coefficient (Wildman–Crippen LogP) is 3.21. The second-order valence-electron chi connectivity index (χ2n) is 3.51. The van der Waals surface area contributed by atoms with Gasteiger partial charge in [-0.3, -0.25) is 4.79 Å². The van der Waals surface area contributed by atoms with Crippen molar-refractivity contribution in [2.24, 2.45) is 0 Å². The standard InChI is InChI=1S/C12H15FO2/c1-4-8(2)15-11-7-5-6-10(13)12(11)9(3)14/h5-8H,4H2,1-3H3. The molecule has 1 atom stereocenters. The highest BCUT2D eigenvalue weighted by Gasteiger charge is 2.15. The molecule has 0 heterocycles. The largest absolute Gasteiger partial charge is 0.490 e. The summed E-state index contributed by atoms with van der Waals surface area (Å²) >= 11 is 0. The molecule has 0 aromatic heterocycles. The number of hydrogen-bond donors (Lipinski definition) is 0. The van der Waals surface area contributed by atoms with E-state index in [1.165, 1.54) is 13.0 Å². The molecular weight excluding hydrogens is 195 g/mol. The number of rotatable bonds is 4. The zero-order valence-electron chi connectivity index (χ0n) is 9.21. The number of ketones is 1. The van der Waals surface area contributed by atoms with Gasteiger partial charge < -0.3 is 4.74 Å². The summed E-state index contributed by atoms with van der Waals surface area (Å²) in [4.78, 5) is 11.2. The molecule has 0 aliphatic rings. The first-order chi connectivity index (χ1) is 7.06. The summed E-state index contributed by atoms with van der Waals surface area (Å²) in [7, 11) is 0. The van der Waals surface area contributed by atoms with Crippen LogP contribution >= 0.6 is 0 Å². The van der Waals surface area contributed by atoms with Crippen LogP contribution in [-0.4, -0.2) is 11.9 Å². The van der Waals surface area contributed by atoms with Crippen LogP contribution in [0.3, 0.4) is 0 Å². The van der Waals surface area contributed by atoms with Crippen molar-refractivity contribution in [3.8, 4) is 5.75 Å². The van der Waals surface area contributed by atoms with E-state index in [4.69, 9.17) is 4.74 Å². The summed E-state index contributed by atoms with van der Waals surface area (Å²) in [5.41, 5.74) is 0.0396. The van der Waals surface area contributed by atoms with Crippen molar-refractivity contribution >= 4 is 5.78 Å². The third kappa shape index (κ3) is 2.78. The summed E-state index contributed by atoms with van der Waals surface area (Å²) in [6.45, 7) is 5.19. The van der Waals surface area contributed by atoms with Crippen LogP contribution in [-0.2, 0) is 0 Å². The van der Waals surface area contributed by atoms with Crippen molar-refractivity contribution in [2.75, 3.05) is 0 Å². The smallest absolute Gasteiger partial charge is 0.166 e. The monoisotopic (exact) mass is 210 g/mol. The SMILES string of the molecule is CCC(C)Oc1cccc(F)c1C(C)=O. The van der Waals surface area contributed by atoms with Crippen LogP contribution in [0.2, 0.25) is 0 Å². The molecule has 3 heteroatoms. The Kier molecular flexibility index (Phi) is 3.83. The molecule has 0 aliphatic carbocycles. The Bertz CT molecular complexity index is 361. The van der Waals surface area contributed by atoms with Crippen LogP contribution < -0.4 is 4.74 Å². The van der Waals surface area contributed by atoms with Crippen LogP contribution in [0, 0.1) is 5.82 Å². The summed E-state index contributed by atoms with van der Waals surface area (Å²) < 4.78 is 18.8. The number of carbonyl (C=O) groups is 1. The van der Waals surface area contributed by atoms with Gasteiger partial charge in [0.1, 0.15) is 11.6 Å². The number of Topliss-reactive ketones (excluding diaryl/α,β-unsaturated/α-hetero) is 1. The average molecular weight is 210 g/mol. The molecule has 2 nitrogen and oxygen atoms in total. The zero-order chi connectivity index (χ0) is 11.4. The first-order valence-electron chi connectivity index (χ1n) is 5.02. The van der Waals surface area contributed by atoms with Gasteiger partial charge in [0.2, 0.25) is 0 Å². The summed E-state index contributed by atoms with van der Waals surface area (Å²) in [5, 5.41) is 0. The van der Waals surface area contributed by atoms with E-state index in [1.807, 2.05) is 13.8 Å². The normalized spacial score (nSPS) is 12.3. The van der Waals surface area contributed by atoms with Crippen molar-refractivity contribution in [1.82, 2.24) is 0 Å². The van der Waals surface area contributed by atoms with E-state index in [2.05, 4.69) is 0 Å². The van der Waals surface area contributed by atoms with E-state index in [1.54, 1.807) is 12.1 Å². The highest BCUT2D eigenvalue weighted by atomic mass is 19.1. The van der Waals surface area contributed by atoms with Gasteiger partial charge in [0.15, 0.2) is 5.78 Å². The fraction of sp³-hybridized carbons (Fsp3) is 0.417. The molecule has 0 radical (unpaired) electrons. The molecule has 0 saturated heterocycles. The van der Waals surface area contributed by atoms with E-state index in [9.17, 15) is 9.18 Å². The van der Waals surface area contributed by atoms with E-state index in [0.29, 0.717) is 5.75 Å². The first-order valence-corrected chi connectivity index (χ1v) is 5.02. The molecule has 1 aromatic carbocycles. The Balaban J connectivity index is 3.06. The van der Waals surface area contributed by atoms with Crippen LogP contribution in [0.25, 0.3) is 0 Å². The third-order valence-corrected chi connectivity index (χ3v) is 2.23. The lowest BCUT2D eigenvalue weighted by molar-refractivity contribution is 0.100. The lowest BCUT2D eigenvalue weighted by Gasteiger charge is -2.15. The molecule has 0 N–H and O–H groups in total. The Morgan fingerprint density at radius 3 is 2.73 bits per heavy atom. The van der Waals surface area contributed by atoms with Gasteiger partial charge in [-0.05, 0) is 32.4 Å². The lowest BCUT2D eigenvalue weighted by atomic mass is 10.1. The minimum absolute atomic E-state index is 0.0232. The molecule has 0 amide bonds. The number of carbonyl (C=O) groups excluding carboxylic acids is 1. The maximum atomic E-state index is 13.4. The van der Waals surface area contributed by atoms with Crippen molar-refractivity contribution < 1.29 is 13.9 Å². The molecular formula is C12H15FO2. The Hall–Kier alpha value is -1.38. The highest BCUT2D eigenvalue weighted by molar-refractivity contribution is 5.97. The maximum Gasteiger partial charge on any atom is 0.166 e. The van der Waals surface area contributed by atoms with Crippen LogP contribution in [0.1, 0.15) is 37.6 Å². The first kappa shape index (κ1) is 11.7. The van der Waals surface area contributed by atoms with Gasteiger partial charge in [0, 0.05) is 0 Å². The van der Waals surface area contributed by atoms with Gasteiger partial charge in [0.05, 0.1) is 11.7 Å². The highest BCUT2D eigenvalue weighted by Crippen LogP contribution is 2.23. The van der Waals surface area contributed by atoms with Gasteiger partial charge in [-0.25, -0.2) is 4.39 Å². The zero-order valence-corrected chi connectivity index (χ0v) is 9.21. The Morgan fingerprint density at radius 1 is 1.53 bits per heavy atom. The van der Waals surface area contributed by atoms with Crippen LogP contribution in [0.4, 0.5) is 4.39 Å². The fourth-order valence-electron chi connectivity index (χ4n) is 1.24. The number of hydrogen-bond acceptors (Lipinski definition) is 2. The average Bonchev–Trinajstić information content (AvgIpc) is 2.17. The van der Waals surface area contributed by atoms with Crippen molar-refractivity contribution in [1.29, 1.82) is 0 Å². The summed E-state index contributed by atoms with van der Waals surface area (Å²) in [6, 6.07) is 4.42. The third-order valence-electron chi connectivity index (χ3n) is 2.23. The van der Waals surface area contributed by atoms with E-state index in [-0.39, 0.29) is 17.5 Å². The quantitative estimate of drug-likeness (QED) is 0.713. The molecule has 1 unspecified atom stereocenters.